The topological polar surface area (TPSA) is 105 Å². The Labute approximate surface area is 192 Å². The highest BCUT2D eigenvalue weighted by atomic mass is 32.2. The lowest BCUT2D eigenvalue weighted by Crippen LogP contribution is -2.29. The lowest BCUT2D eigenvalue weighted by Gasteiger charge is -2.12. The quantitative estimate of drug-likeness (QED) is 0.209. The Bertz CT molecular complexity index is 1500. The van der Waals surface area contributed by atoms with E-state index in [-0.39, 0.29) is 0 Å². The second-order valence-corrected chi connectivity index (χ2v) is 8.37. The average Bonchev–Trinajstić information content (AvgIpc) is 3.42. The normalized spacial score (nSPS) is 11.6. The molecule has 33 heavy (non-hydrogen) atoms. The average molecular weight is 462 g/mol. The molecule has 0 aliphatic carbocycles. The van der Waals surface area contributed by atoms with E-state index < -0.39 is 10.9 Å². The van der Waals surface area contributed by atoms with Gasteiger partial charge in [0.1, 0.15) is 5.52 Å². The molecular formula is C23H23N7O2S. The highest BCUT2D eigenvalue weighted by Gasteiger charge is 2.15. The van der Waals surface area contributed by atoms with E-state index in [1.165, 1.54) is 0 Å². The van der Waals surface area contributed by atoms with Crippen LogP contribution in [0.1, 0.15) is 16.8 Å². The number of hydrazine groups is 1. The summed E-state index contributed by atoms with van der Waals surface area (Å²) in [5.41, 5.74) is 7.66. The van der Waals surface area contributed by atoms with Gasteiger partial charge < -0.3 is 5.32 Å². The van der Waals surface area contributed by atoms with Crippen LogP contribution in [0.2, 0.25) is 0 Å². The molecule has 0 aliphatic heterocycles. The van der Waals surface area contributed by atoms with Gasteiger partial charge in [0.25, 0.3) is 5.95 Å². The Hall–Kier alpha value is -3.73. The first-order valence-corrected chi connectivity index (χ1v) is 11.6. The van der Waals surface area contributed by atoms with Crippen molar-refractivity contribution in [3.63, 3.8) is 0 Å². The number of anilines is 1. The number of nitrogens with one attached hydrogen (secondary N) is 3. The number of nitrogens with zero attached hydrogens (tertiary/aromatic N) is 4. The number of rotatable bonds is 8. The number of aryl methyl sites for hydroxylation is 1. The lowest BCUT2D eigenvalue weighted by atomic mass is 10.1. The van der Waals surface area contributed by atoms with Crippen molar-refractivity contribution in [3.05, 3.63) is 89.7 Å². The molecule has 0 unspecified atom stereocenters. The minimum absolute atomic E-state index is 0.353. The predicted octanol–water partition coefficient (Wildman–Crippen LogP) is 2.71. The standard InChI is InChI=1S/C23H23N7O2S/c1-16-13-19-18(15-25-28-33(31)32)9-5-10-20(19)30(16)23-26-22(21-11-6-12-29(21)27-23)24-14-17-7-3-2-4-8-17/h2-13,25,33H,14-15H2,1H3,(H,24,26,27)(H,28,31,32). The van der Waals surface area contributed by atoms with E-state index in [1.54, 1.807) is 0 Å². The number of fused-ring (bicyclic) bond motifs is 2. The van der Waals surface area contributed by atoms with Gasteiger partial charge in [-0.15, -0.1) is 5.10 Å². The molecule has 0 amide bonds. The summed E-state index contributed by atoms with van der Waals surface area (Å²) in [7, 11) is -2.71. The number of benzene rings is 2. The van der Waals surface area contributed by atoms with Crippen molar-refractivity contribution < 1.29 is 8.42 Å². The van der Waals surface area contributed by atoms with Gasteiger partial charge in [-0.3, -0.25) is 4.57 Å². The van der Waals surface area contributed by atoms with E-state index in [4.69, 9.17) is 10.1 Å². The zero-order valence-electron chi connectivity index (χ0n) is 17.9. The summed E-state index contributed by atoms with van der Waals surface area (Å²) in [4.78, 5) is 7.09. The molecule has 5 rings (SSSR count). The van der Waals surface area contributed by atoms with Gasteiger partial charge in [-0.25, -0.2) is 18.4 Å². The molecule has 5 aromatic rings. The van der Waals surface area contributed by atoms with E-state index in [0.717, 1.165) is 39.1 Å². The molecule has 0 saturated heterocycles. The van der Waals surface area contributed by atoms with E-state index >= 15 is 0 Å². The van der Waals surface area contributed by atoms with Crippen LogP contribution in [-0.4, -0.2) is 27.6 Å². The summed E-state index contributed by atoms with van der Waals surface area (Å²) in [6, 6.07) is 22.1. The van der Waals surface area contributed by atoms with Crippen molar-refractivity contribution in [2.75, 3.05) is 5.32 Å². The predicted molar refractivity (Wildman–Crippen MR) is 129 cm³/mol. The lowest BCUT2D eigenvalue weighted by molar-refractivity contribution is 0.575. The highest BCUT2D eigenvalue weighted by Crippen LogP contribution is 2.27. The Morgan fingerprint density at radius 1 is 0.939 bits per heavy atom. The van der Waals surface area contributed by atoms with Crippen LogP contribution >= 0.6 is 0 Å². The van der Waals surface area contributed by atoms with E-state index in [1.807, 2.05) is 70.7 Å². The maximum absolute atomic E-state index is 10.8. The summed E-state index contributed by atoms with van der Waals surface area (Å²) in [5.74, 6) is 1.30. The first kappa shape index (κ1) is 21.1. The minimum atomic E-state index is -2.71. The molecule has 0 aliphatic rings. The van der Waals surface area contributed by atoms with Gasteiger partial charge in [-0.1, -0.05) is 42.5 Å². The number of aromatic nitrogens is 4. The van der Waals surface area contributed by atoms with Gasteiger partial charge in [0.2, 0.25) is 10.9 Å². The number of hydrogen-bond donors (Lipinski definition) is 4. The third-order valence-corrected chi connectivity index (χ3v) is 5.79. The molecule has 0 fully saturated rings. The van der Waals surface area contributed by atoms with Gasteiger partial charge in [-0.05, 0) is 42.3 Å². The van der Waals surface area contributed by atoms with Crippen molar-refractivity contribution in [2.45, 2.75) is 20.0 Å². The van der Waals surface area contributed by atoms with Crippen LogP contribution in [-0.2, 0) is 24.0 Å². The molecule has 0 radical (unpaired) electrons. The van der Waals surface area contributed by atoms with Crippen LogP contribution in [0.25, 0.3) is 22.4 Å². The Kier molecular flexibility index (Phi) is 5.78. The molecule has 3 N–H and O–H groups in total. The SMILES string of the molecule is Cc1cc2c(CNN[SH](=O)=O)cccc2n1-c1nc(NCc2ccccc2)c2cccn2n1. The van der Waals surface area contributed by atoms with Crippen LogP contribution in [0, 0.1) is 6.92 Å². The van der Waals surface area contributed by atoms with Crippen molar-refractivity contribution >= 4 is 33.1 Å². The van der Waals surface area contributed by atoms with Gasteiger partial charge in [0.05, 0.1) is 5.52 Å². The molecule has 2 aromatic carbocycles. The summed E-state index contributed by atoms with van der Waals surface area (Å²) in [6.45, 7) is 3.00. The summed E-state index contributed by atoms with van der Waals surface area (Å²) in [5, 5.41) is 9.19. The number of hydrogen-bond acceptors (Lipinski definition) is 6. The smallest absolute Gasteiger partial charge is 0.254 e. The summed E-state index contributed by atoms with van der Waals surface area (Å²) in [6.07, 6.45) is 1.90. The third kappa shape index (κ3) is 4.31. The molecule has 0 atom stereocenters. The Morgan fingerprint density at radius 3 is 2.58 bits per heavy atom. The van der Waals surface area contributed by atoms with Crippen molar-refractivity contribution in [3.8, 4) is 5.95 Å². The summed E-state index contributed by atoms with van der Waals surface area (Å²) < 4.78 is 25.4. The fourth-order valence-electron chi connectivity index (χ4n) is 3.97. The molecule has 0 saturated carbocycles. The first-order chi connectivity index (χ1) is 16.1. The molecule has 0 spiro atoms. The molecule has 3 heterocycles. The van der Waals surface area contributed by atoms with E-state index in [0.29, 0.717) is 19.0 Å². The molecule has 0 bridgehead atoms. The molecule has 9 nitrogen and oxygen atoms in total. The zero-order chi connectivity index (χ0) is 22.8. The van der Waals surface area contributed by atoms with Gasteiger partial charge >= 0.3 is 0 Å². The van der Waals surface area contributed by atoms with Gasteiger partial charge in [0.15, 0.2) is 5.82 Å². The third-order valence-electron chi connectivity index (χ3n) is 5.45. The van der Waals surface area contributed by atoms with Crippen LogP contribution < -0.4 is 15.6 Å². The van der Waals surface area contributed by atoms with E-state index in [9.17, 15) is 8.42 Å². The van der Waals surface area contributed by atoms with Gasteiger partial charge in [0, 0.05) is 30.4 Å². The highest BCUT2D eigenvalue weighted by molar-refractivity contribution is 7.70. The largest absolute Gasteiger partial charge is 0.364 e. The van der Waals surface area contributed by atoms with Crippen LogP contribution in [0.5, 0.6) is 0 Å². The monoisotopic (exact) mass is 461 g/mol. The number of thiol groups is 1. The Morgan fingerprint density at radius 2 is 1.76 bits per heavy atom. The van der Waals surface area contributed by atoms with Crippen molar-refractivity contribution in [2.24, 2.45) is 0 Å². The maximum atomic E-state index is 10.8. The Balaban J connectivity index is 1.55. The van der Waals surface area contributed by atoms with E-state index in [2.05, 4.69) is 33.8 Å². The second-order valence-electron chi connectivity index (χ2n) is 7.63. The molecule has 168 valence electrons. The van der Waals surface area contributed by atoms with Crippen molar-refractivity contribution in [1.82, 2.24) is 29.4 Å². The first-order valence-electron chi connectivity index (χ1n) is 10.5. The van der Waals surface area contributed by atoms with Crippen LogP contribution in [0.15, 0.2) is 72.9 Å². The fourth-order valence-corrected chi connectivity index (χ4v) is 4.18. The summed E-state index contributed by atoms with van der Waals surface area (Å²) >= 11 is 0. The fraction of sp³-hybridized carbons (Fsp3) is 0.130. The van der Waals surface area contributed by atoms with Crippen molar-refractivity contribution in [1.29, 1.82) is 0 Å². The zero-order valence-corrected chi connectivity index (χ0v) is 18.8. The second kappa shape index (κ2) is 9.02. The van der Waals surface area contributed by atoms with Crippen LogP contribution in [0.3, 0.4) is 0 Å². The molecule has 3 aromatic heterocycles. The van der Waals surface area contributed by atoms with Crippen LogP contribution in [0.4, 0.5) is 5.82 Å². The minimum Gasteiger partial charge on any atom is -0.364 e. The molecular weight excluding hydrogens is 438 g/mol. The molecule has 10 heteroatoms. The maximum Gasteiger partial charge on any atom is 0.254 e. The van der Waals surface area contributed by atoms with Gasteiger partial charge in [-0.2, -0.15) is 9.82 Å².